The highest BCUT2D eigenvalue weighted by atomic mass is 32.1. The van der Waals surface area contributed by atoms with Gasteiger partial charge in [-0.3, -0.25) is 10.2 Å². The van der Waals surface area contributed by atoms with Crippen LogP contribution in [0.1, 0.15) is 6.92 Å². The molecule has 0 rings (SSSR count). The smallest absolute Gasteiger partial charge is 0.327 e. The molecule has 0 aromatic carbocycles. The first kappa shape index (κ1) is 17.1. The maximum Gasteiger partial charge on any atom is 0.327 e. The number of hydrogen-bond acceptors (Lipinski definition) is 6. The molecule has 0 saturated carbocycles. The predicted octanol–water partition coefficient (Wildman–Crippen LogP) is -0.729. The van der Waals surface area contributed by atoms with Crippen LogP contribution < -0.4 is 16.6 Å². The SMILES string of the molecule is CC(=O)NC(CS)C(=O)O.N=NC(=S)NN. The minimum absolute atomic E-state index is 0.00463. The van der Waals surface area contributed by atoms with Crippen molar-refractivity contribution in [1.29, 1.82) is 5.53 Å². The van der Waals surface area contributed by atoms with E-state index in [0.717, 1.165) is 0 Å². The van der Waals surface area contributed by atoms with Crippen molar-refractivity contribution in [3.63, 3.8) is 0 Å². The number of thiol groups is 1. The van der Waals surface area contributed by atoms with Crippen LogP contribution in [0.25, 0.3) is 0 Å². The Morgan fingerprint density at radius 2 is 2.19 bits per heavy atom. The molecule has 16 heavy (non-hydrogen) atoms. The third-order valence-corrected chi connectivity index (χ3v) is 1.66. The highest BCUT2D eigenvalue weighted by molar-refractivity contribution is 7.80. The van der Waals surface area contributed by atoms with E-state index in [4.69, 9.17) is 10.6 Å². The molecule has 1 amide bonds. The first-order chi connectivity index (χ1) is 7.38. The molecule has 0 bridgehead atoms. The Balaban J connectivity index is 0. The van der Waals surface area contributed by atoms with Crippen molar-refractivity contribution in [2.24, 2.45) is 11.0 Å². The molecule has 0 heterocycles. The van der Waals surface area contributed by atoms with Gasteiger partial charge in [-0.25, -0.2) is 16.2 Å². The zero-order chi connectivity index (χ0) is 13.1. The Morgan fingerprint density at radius 1 is 1.69 bits per heavy atom. The second kappa shape index (κ2) is 10.3. The Hall–Kier alpha value is -1.26. The van der Waals surface area contributed by atoms with E-state index in [1.807, 2.05) is 5.43 Å². The minimum Gasteiger partial charge on any atom is -0.480 e. The van der Waals surface area contributed by atoms with Crippen LogP contribution in [0.4, 0.5) is 0 Å². The monoisotopic (exact) mass is 267 g/mol. The summed E-state index contributed by atoms with van der Waals surface area (Å²) >= 11 is 8.00. The van der Waals surface area contributed by atoms with Gasteiger partial charge in [0, 0.05) is 12.7 Å². The molecule has 1 unspecified atom stereocenters. The number of thiocarbonyl (C=S) groups is 1. The van der Waals surface area contributed by atoms with Crippen LogP contribution >= 0.6 is 24.8 Å². The molecular weight excluding hydrogens is 254 g/mol. The van der Waals surface area contributed by atoms with E-state index in [-0.39, 0.29) is 16.8 Å². The van der Waals surface area contributed by atoms with Gasteiger partial charge >= 0.3 is 5.97 Å². The molecule has 0 aliphatic rings. The van der Waals surface area contributed by atoms with Gasteiger partial charge < -0.3 is 10.4 Å². The normalized spacial score (nSPS) is 10.2. The molecule has 0 aliphatic heterocycles. The van der Waals surface area contributed by atoms with E-state index in [2.05, 4.69) is 41.1 Å². The molecule has 92 valence electrons. The van der Waals surface area contributed by atoms with E-state index >= 15 is 0 Å². The first-order valence-electron chi connectivity index (χ1n) is 3.87. The van der Waals surface area contributed by atoms with E-state index < -0.39 is 12.0 Å². The fourth-order valence-corrected chi connectivity index (χ4v) is 0.711. The molecule has 0 saturated heterocycles. The van der Waals surface area contributed by atoms with Gasteiger partial charge in [0.25, 0.3) is 0 Å². The van der Waals surface area contributed by atoms with Crippen LogP contribution in [-0.2, 0) is 9.59 Å². The van der Waals surface area contributed by atoms with Gasteiger partial charge in [0.05, 0.1) is 0 Å². The van der Waals surface area contributed by atoms with Crippen LogP contribution in [0.3, 0.4) is 0 Å². The average Bonchev–Trinajstić information content (AvgIpc) is 2.24. The molecule has 0 radical (unpaired) electrons. The van der Waals surface area contributed by atoms with Gasteiger partial charge in [-0.2, -0.15) is 12.6 Å². The molecule has 1 atom stereocenters. The summed E-state index contributed by atoms with van der Waals surface area (Å²) < 4.78 is 0. The number of carboxylic acids is 1. The maximum atomic E-state index is 10.3. The number of carbonyl (C=O) groups is 2. The topological polar surface area (TPSA) is 141 Å². The Bertz CT molecular complexity index is 273. The zero-order valence-corrected chi connectivity index (χ0v) is 10.1. The number of nitrogens with one attached hydrogen (secondary N) is 3. The van der Waals surface area contributed by atoms with Crippen LogP contribution in [0.2, 0.25) is 0 Å². The highest BCUT2D eigenvalue weighted by Crippen LogP contribution is 1.86. The number of amides is 1. The standard InChI is InChI=1S/C5H9NO3S.CH4N4S/c1-3(7)6-4(2-10)5(8)9;2-4-1(6)5-3/h4,10H,2H2,1H3,(H,6,7)(H,8,9);2H,3H2,(H,5,6). The summed E-state index contributed by atoms with van der Waals surface area (Å²) in [7, 11) is 0. The van der Waals surface area contributed by atoms with Crippen molar-refractivity contribution in [3.05, 3.63) is 0 Å². The van der Waals surface area contributed by atoms with Crippen LogP contribution in [0.15, 0.2) is 5.11 Å². The molecule has 0 aromatic rings. The summed E-state index contributed by atoms with van der Waals surface area (Å²) in [6.07, 6.45) is 0. The fourth-order valence-electron chi connectivity index (χ4n) is 0.463. The van der Waals surface area contributed by atoms with Gasteiger partial charge in [-0.1, -0.05) is 0 Å². The average molecular weight is 267 g/mol. The Morgan fingerprint density at radius 3 is 2.25 bits per heavy atom. The third kappa shape index (κ3) is 10.8. The van der Waals surface area contributed by atoms with Crippen LogP contribution in [0.5, 0.6) is 0 Å². The number of rotatable bonds is 3. The molecule has 0 aromatic heterocycles. The van der Waals surface area contributed by atoms with E-state index in [0.29, 0.717) is 0 Å². The van der Waals surface area contributed by atoms with Crippen LogP contribution in [0, 0.1) is 5.53 Å². The van der Waals surface area contributed by atoms with Crippen LogP contribution in [-0.4, -0.2) is 33.9 Å². The van der Waals surface area contributed by atoms with Gasteiger partial charge in [0.2, 0.25) is 11.0 Å². The van der Waals surface area contributed by atoms with Gasteiger partial charge in [-0.15, -0.1) is 5.11 Å². The van der Waals surface area contributed by atoms with Crippen molar-refractivity contribution in [2.45, 2.75) is 13.0 Å². The quantitative estimate of drug-likeness (QED) is 0.131. The largest absolute Gasteiger partial charge is 0.480 e. The summed E-state index contributed by atoms with van der Waals surface area (Å²) in [5, 5.41) is 13.3. The number of hydrogen-bond donors (Lipinski definition) is 6. The molecule has 0 spiro atoms. The highest BCUT2D eigenvalue weighted by Gasteiger charge is 2.15. The van der Waals surface area contributed by atoms with E-state index in [1.165, 1.54) is 6.92 Å². The molecule has 0 aliphatic carbocycles. The minimum atomic E-state index is -1.06. The third-order valence-electron chi connectivity index (χ3n) is 1.08. The number of nitrogens with two attached hydrogens (primary N) is 1. The van der Waals surface area contributed by atoms with Crippen molar-refractivity contribution in [1.82, 2.24) is 10.7 Å². The van der Waals surface area contributed by atoms with Crippen molar-refractivity contribution >= 4 is 41.8 Å². The number of aliphatic carboxylic acids is 1. The predicted molar refractivity (Wildman–Crippen MR) is 64.2 cm³/mol. The second-order valence-corrected chi connectivity index (χ2v) is 3.09. The summed E-state index contributed by atoms with van der Waals surface area (Å²) in [4.78, 5) is 20.5. The second-order valence-electron chi connectivity index (χ2n) is 2.34. The van der Waals surface area contributed by atoms with Gasteiger partial charge in [-0.05, 0) is 12.2 Å². The Kier molecular flexibility index (Phi) is 11.0. The fraction of sp³-hybridized carbons (Fsp3) is 0.500. The lowest BCUT2D eigenvalue weighted by Gasteiger charge is -2.08. The molecule has 0 fully saturated rings. The molecule has 8 nitrogen and oxygen atoms in total. The summed E-state index contributed by atoms with van der Waals surface area (Å²) in [6.45, 7) is 1.26. The van der Waals surface area contributed by atoms with Gasteiger partial charge in [0.15, 0.2) is 0 Å². The van der Waals surface area contributed by atoms with Crippen molar-refractivity contribution < 1.29 is 14.7 Å². The summed E-state index contributed by atoms with van der Waals surface area (Å²) in [6, 6.07) is -0.874. The van der Waals surface area contributed by atoms with Crippen molar-refractivity contribution in [3.8, 4) is 0 Å². The summed E-state index contributed by atoms with van der Waals surface area (Å²) in [5.74, 6) is 3.36. The number of carbonyl (C=O) groups excluding carboxylic acids is 1. The number of carboxylic acid groups (broad SMARTS) is 1. The van der Waals surface area contributed by atoms with Crippen molar-refractivity contribution in [2.75, 3.05) is 5.75 Å². The Labute approximate surface area is 103 Å². The number of nitrogens with zero attached hydrogens (tertiary/aromatic N) is 1. The lowest BCUT2D eigenvalue weighted by molar-refractivity contribution is -0.140. The van der Waals surface area contributed by atoms with E-state index in [9.17, 15) is 9.59 Å². The van der Waals surface area contributed by atoms with Gasteiger partial charge in [0.1, 0.15) is 6.04 Å². The maximum absolute atomic E-state index is 10.3. The summed E-state index contributed by atoms with van der Waals surface area (Å²) in [5.41, 5.74) is 8.14. The number of hydrazine groups is 1. The molecule has 6 N–H and O–H groups in total. The van der Waals surface area contributed by atoms with E-state index in [1.54, 1.807) is 0 Å². The first-order valence-corrected chi connectivity index (χ1v) is 4.91. The molecular formula is C6H13N5O3S2. The zero-order valence-electron chi connectivity index (χ0n) is 8.43. The lowest BCUT2D eigenvalue weighted by Crippen LogP contribution is -2.40. The molecule has 10 heteroatoms. The lowest BCUT2D eigenvalue weighted by atomic mass is 10.3.